The molecule has 1 aromatic heterocycles. The molecule has 3 nitrogen and oxygen atoms in total. The summed E-state index contributed by atoms with van der Waals surface area (Å²) in [6.07, 6.45) is 2.08. The van der Waals surface area contributed by atoms with Gasteiger partial charge in [0.1, 0.15) is 11.3 Å². The summed E-state index contributed by atoms with van der Waals surface area (Å²) in [5, 5.41) is 0.702. The second kappa shape index (κ2) is 4.83. The molecule has 1 saturated heterocycles. The molecule has 1 aliphatic heterocycles. The van der Waals surface area contributed by atoms with Crippen LogP contribution in [-0.4, -0.2) is 22.8 Å². The number of benzene rings is 1. The van der Waals surface area contributed by atoms with Crippen LogP contribution in [0.3, 0.4) is 0 Å². The van der Waals surface area contributed by atoms with Gasteiger partial charge >= 0.3 is 0 Å². The summed E-state index contributed by atoms with van der Waals surface area (Å²) in [6.45, 7) is 1.65. The lowest BCUT2D eigenvalue weighted by molar-refractivity contribution is 0.0831. The van der Waals surface area contributed by atoms with Crippen LogP contribution in [-0.2, 0) is 11.8 Å². The minimum atomic E-state index is 0.478. The summed E-state index contributed by atoms with van der Waals surface area (Å²) in [5.41, 5.74) is 1.97. The van der Waals surface area contributed by atoms with Gasteiger partial charge in [-0.25, -0.2) is 4.98 Å². The summed E-state index contributed by atoms with van der Waals surface area (Å²) in [7, 11) is 2.06. The highest BCUT2D eigenvalue weighted by atomic mass is 79.9. The van der Waals surface area contributed by atoms with Crippen molar-refractivity contribution in [3.05, 3.63) is 27.5 Å². The Kier molecular flexibility index (Phi) is 3.34. The molecular formula is C13H14BrClN2O. The monoisotopic (exact) mass is 328 g/mol. The van der Waals surface area contributed by atoms with E-state index >= 15 is 0 Å². The van der Waals surface area contributed by atoms with E-state index in [-0.39, 0.29) is 0 Å². The van der Waals surface area contributed by atoms with E-state index in [9.17, 15) is 0 Å². The third-order valence-electron chi connectivity index (χ3n) is 3.53. The maximum Gasteiger partial charge on any atom is 0.112 e. The fourth-order valence-electron chi connectivity index (χ4n) is 2.55. The van der Waals surface area contributed by atoms with Crippen LogP contribution in [0.2, 0.25) is 5.02 Å². The van der Waals surface area contributed by atoms with E-state index in [1.807, 2.05) is 6.07 Å². The molecule has 0 spiro atoms. The number of hydrogen-bond donors (Lipinski definition) is 0. The summed E-state index contributed by atoms with van der Waals surface area (Å²) < 4.78 is 8.55. The first-order valence-corrected chi connectivity index (χ1v) is 7.23. The van der Waals surface area contributed by atoms with Gasteiger partial charge in [0.15, 0.2) is 0 Å². The smallest absolute Gasteiger partial charge is 0.112 e. The predicted octanol–water partition coefficient (Wildman–Crippen LogP) is 3.88. The molecule has 0 unspecified atom stereocenters. The lowest BCUT2D eigenvalue weighted by Crippen LogP contribution is -2.17. The molecule has 5 heteroatoms. The van der Waals surface area contributed by atoms with Gasteiger partial charge in [-0.3, -0.25) is 0 Å². The van der Waals surface area contributed by atoms with Gasteiger partial charge in [-0.2, -0.15) is 0 Å². The Hall–Kier alpha value is -0.580. The Bertz CT molecular complexity index is 590. The summed E-state index contributed by atoms with van der Waals surface area (Å²) in [6, 6.07) is 3.96. The number of fused-ring (bicyclic) bond motifs is 1. The molecule has 1 fully saturated rings. The molecule has 0 bridgehead atoms. The first-order valence-electron chi connectivity index (χ1n) is 6.06. The standard InChI is InChI=1S/C13H14BrClN2O/c1-17-11-7-9(14)6-10(15)12(11)16-13(17)8-2-4-18-5-3-8/h6-8H,2-5H2,1H3. The van der Waals surface area contributed by atoms with E-state index in [2.05, 4.69) is 33.6 Å². The van der Waals surface area contributed by atoms with Gasteiger partial charge in [-0.05, 0) is 25.0 Å². The van der Waals surface area contributed by atoms with E-state index in [4.69, 9.17) is 21.3 Å². The number of imidazole rings is 1. The topological polar surface area (TPSA) is 27.1 Å². The zero-order valence-corrected chi connectivity index (χ0v) is 12.5. The van der Waals surface area contributed by atoms with Gasteiger partial charge in [0.2, 0.25) is 0 Å². The number of nitrogens with zero attached hydrogens (tertiary/aromatic N) is 2. The molecule has 0 aliphatic carbocycles. The lowest BCUT2D eigenvalue weighted by Gasteiger charge is -2.21. The van der Waals surface area contributed by atoms with Crippen LogP contribution >= 0.6 is 27.5 Å². The Morgan fingerprint density at radius 1 is 1.39 bits per heavy atom. The Labute approximate surface area is 119 Å². The summed E-state index contributed by atoms with van der Waals surface area (Å²) in [4.78, 5) is 4.73. The molecule has 2 heterocycles. The van der Waals surface area contributed by atoms with Crippen LogP contribution in [0.1, 0.15) is 24.6 Å². The number of rotatable bonds is 1. The predicted molar refractivity (Wildman–Crippen MR) is 76.2 cm³/mol. The molecule has 1 aromatic carbocycles. The van der Waals surface area contributed by atoms with E-state index < -0.39 is 0 Å². The van der Waals surface area contributed by atoms with Crippen molar-refractivity contribution in [2.75, 3.05) is 13.2 Å². The van der Waals surface area contributed by atoms with E-state index in [1.54, 1.807) is 0 Å². The average molecular weight is 330 g/mol. The number of ether oxygens (including phenoxy) is 1. The largest absolute Gasteiger partial charge is 0.381 e. The van der Waals surface area contributed by atoms with Gasteiger partial charge in [-0.15, -0.1) is 0 Å². The van der Waals surface area contributed by atoms with Crippen LogP contribution in [0.15, 0.2) is 16.6 Å². The van der Waals surface area contributed by atoms with Crippen molar-refractivity contribution < 1.29 is 4.74 Å². The molecule has 18 heavy (non-hydrogen) atoms. The van der Waals surface area contributed by atoms with Crippen LogP contribution in [0, 0.1) is 0 Å². The van der Waals surface area contributed by atoms with Crippen molar-refractivity contribution >= 4 is 38.6 Å². The van der Waals surface area contributed by atoms with Crippen LogP contribution < -0.4 is 0 Å². The lowest BCUT2D eigenvalue weighted by atomic mass is 9.99. The third kappa shape index (κ3) is 2.06. The zero-order chi connectivity index (χ0) is 12.7. The summed E-state index contributed by atoms with van der Waals surface area (Å²) >= 11 is 9.73. The number of halogens is 2. The van der Waals surface area contributed by atoms with Gasteiger partial charge in [0.25, 0.3) is 0 Å². The van der Waals surface area contributed by atoms with E-state index in [1.165, 1.54) is 0 Å². The minimum absolute atomic E-state index is 0.478. The summed E-state index contributed by atoms with van der Waals surface area (Å²) in [5.74, 6) is 1.60. The van der Waals surface area contributed by atoms with Crippen molar-refractivity contribution in [1.29, 1.82) is 0 Å². The van der Waals surface area contributed by atoms with Crippen molar-refractivity contribution in [3.63, 3.8) is 0 Å². The fraction of sp³-hybridized carbons (Fsp3) is 0.462. The average Bonchev–Trinajstić information content (AvgIpc) is 2.69. The number of aryl methyl sites for hydroxylation is 1. The first-order chi connectivity index (χ1) is 8.66. The molecule has 0 N–H and O–H groups in total. The Balaban J connectivity index is 2.13. The second-order valence-corrected chi connectivity index (χ2v) is 5.99. The highest BCUT2D eigenvalue weighted by molar-refractivity contribution is 9.10. The fourth-order valence-corrected chi connectivity index (χ4v) is 3.39. The molecule has 3 rings (SSSR count). The zero-order valence-electron chi connectivity index (χ0n) is 10.1. The number of hydrogen-bond acceptors (Lipinski definition) is 2. The highest BCUT2D eigenvalue weighted by Gasteiger charge is 2.22. The van der Waals surface area contributed by atoms with Crippen molar-refractivity contribution in [2.45, 2.75) is 18.8 Å². The second-order valence-electron chi connectivity index (χ2n) is 4.67. The maximum absolute atomic E-state index is 6.26. The molecule has 0 amide bonds. The number of aromatic nitrogens is 2. The molecule has 0 saturated carbocycles. The van der Waals surface area contributed by atoms with E-state index in [0.717, 1.165) is 47.4 Å². The molecule has 1 aliphatic rings. The molecule has 96 valence electrons. The first kappa shape index (κ1) is 12.5. The molecular weight excluding hydrogens is 316 g/mol. The molecule has 0 radical (unpaired) electrons. The van der Waals surface area contributed by atoms with Crippen LogP contribution in [0.4, 0.5) is 0 Å². The Morgan fingerprint density at radius 2 is 2.11 bits per heavy atom. The quantitative estimate of drug-likeness (QED) is 0.794. The SMILES string of the molecule is Cn1c(C2CCOCC2)nc2c(Cl)cc(Br)cc21. The van der Waals surface area contributed by atoms with Gasteiger partial charge in [-0.1, -0.05) is 27.5 Å². The van der Waals surface area contributed by atoms with E-state index in [0.29, 0.717) is 10.9 Å². The van der Waals surface area contributed by atoms with Crippen LogP contribution in [0.25, 0.3) is 11.0 Å². The minimum Gasteiger partial charge on any atom is -0.381 e. The molecule has 2 aromatic rings. The van der Waals surface area contributed by atoms with Gasteiger partial charge in [0, 0.05) is 30.7 Å². The van der Waals surface area contributed by atoms with Crippen molar-refractivity contribution in [3.8, 4) is 0 Å². The third-order valence-corrected chi connectivity index (χ3v) is 4.27. The Morgan fingerprint density at radius 3 is 2.83 bits per heavy atom. The highest BCUT2D eigenvalue weighted by Crippen LogP contribution is 2.33. The molecule has 0 atom stereocenters. The maximum atomic E-state index is 6.26. The normalized spacial score (nSPS) is 17.5. The van der Waals surface area contributed by atoms with Gasteiger partial charge < -0.3 is 9.30 Å². The van der Waals surface area contributed by atoms with Crippen molar-refractivity contribution in [1.82, 2.24) is 9.55 Å². The van der Waals surface area contributed by atoms with Crippen molar-refractivity contribution in [2.24, 2.45) is 7.05 Å². The van der Waals surface area contributed by atoms with Crippen LogP contribution in [0.5, 0.6) is 0 Å². The van der Waals surface area contributed by atoms with Gasteiger partial charge in [0.05, 0.1) is 10.5 Å².